The summed E-state index contributed by atoms with van der Waals surface area (Å²) in [6.45, 7) is 0. The Morgan fingerprint density at radius 3 is 1.43 bits per heavy atom. The van der Waals surface area contributed by atoms with Crippen molar-refractivity contribution in [1.29, 1.82) is 0 Å². The summed E-state index contributed by atoms with van der Waals surface area (Å²) in [5.74, 6) is -1.23. The maximum absolute atomic E-state index is 13.6. The van der Waals surface area contributed by atoms with Crippen molar-refractivity contribution < 1.29 is 8.78 Å². The summed E-state index contributed by atoms with van der Waals surface area (Å²) in [5.41, 5.74) is -0.142. The second-order valence-electron chi connectivity index (χ2n) is 4.28. The van der Waals surface area contributed by atoms with Crippen LogP contribution >= 0.6 is 46.4 Å². The van der Waals surface area contributed by atoms with Gasteiger partial charge >= 0.3 is 0 Å². The summed E-state index contributed by atoms with van der Waals surface area (Å²) < 4.78 is 25.1. The quantitative estimate of drug-likeness (QED) is 0.424. The van der Waals surface area contributed by atoms with E-state index in [4.69, 9.17) is 46.4 Å². The predicted molar refractivity (Wildman–Crippen MR) is 93.1 cm³/mol. The fourth-order valence-corrected chi connectivity index (χ4v) is 2.10. The van der Waals surface area contributed by atoms with Gasteiger partial charge in [0.25, 0.3) is 0 Å². The maximum Gasteiger partial charge on any atom is 0.222 e. The molecular formula is C15H8Cl4F2N2. The van der Waals surface area contributed by atoms with Crippen molar-refractivity contribution in [1.82, 2.24) is 0 Å². The number of halogens is 6. The molecule has 0 amide bonds. The molecule has 23 heavy (non-hydrogen) atoms. The van der Waals surface area contributed by atoms with Crippen LogP contribution in [0.4, 0.5) is 20.2 Å². The number of rotatable bonds is 4. The summed E-state index contributed by atoms with van der Waals surface area (Å²) in [7, 11) is 0. The smallest absolute Gasteiger partial charge is 0.222 e. The van der Waals surface area contributed by atoms with Gasteiger partial charge in [0, 0.05) is 0 Å². The van der Waals surface area contributed by atoms with Gasteiger partial charge in [-0.3, -0.25) is 0 Å². The van der Waals surface area contributed by atoms with Gasteiger partial charge in [-0.15, -0.1) is 0 Å². The Labute approximate surface area is 151 Å². The fraction of sp³-hybridized carbons (Fsp3) is 0.0667. The van der Waals surface area contributed by atoms with Crippen molar-refractivity contribution in [2.45, 2.75) is 4.33 Å². The van der Waals surface area contributed by atoms with Crippen LogP contribution in [-0.2, 0) is 0 Å². The average Bonchev–Trinajstić information content (AvgIpc) is 2.51. The monoisotopic (exact) mass is 394 g/mol. The topological polar surface area (TPSA) is 24.7 Å². The first kappa shape index (κ1) is 18.1. The van der Waals surface area contributed by atoms with Gasteiger partial charge in [-0.1, -0.05) is 70.7 Å². The Morgan fingerprint density at radius 2 is 1.09 bits per heavy atom. The predicted octanol–water partition coefficient (Wildman–Crippen LogP) is 6.38. The minimum Gasteiger partial charge on any atom is -0.234 e. The molecule has 0 atom stereocenters. The van der Waals surface area contributed by atoms with E-state index >= 15 is 0 Å². The highest BCUT2D eigenvalue weighted by atomic mass is 35.5. The number of hydrogen-bond donors (Lipinski definition) is 0. The fourth-order valence-electron chi connectivity index (χ4n) is 1.52. The first-order valence-electron chi connectivity index (χ1n) is 6.18. The maximum atomic E-state index is 13.6. The number of nitrogens with zero attached hydrogens (tertiary/aromatic N) is 2. The molecule has 8 heteroatoms. The molecule has 0 bridgehead atoms. The number of alkyl halides is 2. The lowest BCUT2D eigenvalue weighted by Gasteiger charge is -2.16. The molecule has 0 aliphatic carbocycles. The van der Waals surface area contributed by atoms with Gasteiger partial charge in [0.05, 0.1) is 0 Å². The van der Waals surface area contributed by atoms with E-state index in [0.29, 0.717) is 0 Å². The summed E-state index contributed by atoms with van der Waals surface area (Å²) in [6.07, 6.45) is 0. The van der Waals surface area contributed by atoms with Gasteiger partial charge < -0.3 is 0 Å². The normalized spacial score (nSPS) is 13.3. The van der Waals surface area contributed by atoms with Crippen molar-refractivity contribution in [3.63, 3.8) is 0 Å². The molecule has 2 rings (SSSR count). The molecule has 0 saturated carbocycles. The van der Waals surface area contributed by atoms with E-state index in [-0.39, 0.29) is 11.4 Å². The second-order valence-corrected chi connectivity index (χ2v) is 6.33. The van der Waals surface area contributed by atoms with Gasteiger partial charge in [0.2, 0.25) is 4.33 Å². The molecule has 0 aromatic heterocycles. The Bertz CT molecular complexity index is 712. The standard InChI is InChI=1S/C15H8Cl4F2N2/c16-13(22-11-7-3-1-5-9(11)20)15(18,19)14(17)23-12-8-4-2-6-10(12)21/h1-8H. The molecule has 2 nitrogen and oxygen atoms in total. The van der Waals surface area contributed by atoms with E-state index in [1.165, 1.54) is 36.4 Å². The third kappa shape index (κ3) is 4.42. The molecule has 2 aromatic rings. The van der Waals surface area contributed by atoms with E-state index in [0.717, 1.165) is 0 Å². The van der Waals surface area contributed by atoms with Crippen molar-refractivity contribution in [3.05, 3.63) is 60.2 Å². The van der Waals surface area contributed by atoms with Crippen molar-refractivity contribution in [3.8, 4) is 0 Å². The molecule has 0 spiro atoms. The molecule has 0 radical (unpaired) electrons. The van der Waals surface area contributed by atoms with Crippen LogP contribution in [0.25, 0.3) is 0 Å². The Hall–Kier alpha value is -1.20. The van der Waals surface area contributed by atoms with E-state index < -0.39 is 26.3 Å². The largest absolute Gasteiger partial charge is 0.234 e. The van der Waals surface area contributed by atoms with Gasteiger partial charge in [-0.2, -0.15) is 0 Å². The molecule has 0 unspecified atom stereocenters. The molecule has 0 N–H and O–H groups in total. The number of aliphatic imine (C=N–C) groups is 2. The van der Waals surface area contributed by atoms with Crippen LogP contribution in [0, 0.1) is 11.6 Å². The zero-order chi connectivity index (χ0) is 17.0. The first-order valence-corrected chi connectivity index (χ1v) is 7.69. The van der Waals surface area contributed by atoms with E-state index in [9.17, 15) is 8.78 Å². The van der Waals surface area contributed by atoms with Crippen LogP contribution in [-0.4, -0.2) is 14.7 Å². The first-order chi connectivity index (χ1) is 10.8. The number of hydrogen-bond acceptors (Lipinski definition) is 2. The Morgan fingerprint density at radius 1 is 0.739 bits per heavy atom. The van der Waals surface area contributed by atoms with Crippen LogP contribution < -0.4 is 0 Å². The minimum absolute atomic E-state index is 0.0708. The highest BCUT2D eigenvalue weighted by Gasteiger charge is 2.36. The highest BCUT2D eigenvalue weighted by molar-refractivity contribution is 6.93. The van der Waals surface area contributed by atoms with Crippen molar-refractivity contribution in [2.24, 2.45) is 9.98 Å². The molecule has 2 aromatic carbocycles. The van der Waals surface area contributed by atoms with E-state index in [2.05, 4.69) is 9.98 Å². The van der Waals surface area contributed by atoms with Crippen LogP contribution in [0.3, 0.4) is 0 Å². The Balaban J connectivity index is 2.37. The average molecular weight is 396 g/mol. The van der Waals surface area contributed by atoms with Crippen LogP contribution in [0.2, 0.25) is 0 Å². The summed E-state index contributed by atoms with van der Waals surface area (Å²) in [4.78, 5) is 7.60. The summed E-state index contributed by atoms with van der Waals surface area (Å²) in [5, 5.41) is -0.841. The third-order valence-corrected chi connectivity index (χ3v) is 4.50. The molecule has 0 aliphatic rings. The minimum atomic E-state index is -2.05. The molecule has 0 heterocycles. The Kier molecular flexibility index (Phi) is 5.98. The highest BCUT2D eigenvalue weighted by Crippen LogP contribution is 2.33. The molecule has 0 fully saturated rings. The summed E-state index contributed by atoms with van der Waals surface area (Å²) >= 11 is 24.0. The lowest BCUT2D eigenvalue weighted by atomic mass is 10.3. The zero-order valence-corrected chi connectivity index (χ0v) is 14.3. The summed E-state index contributed by atoms with van der Waals surface area (Å²) in [6, 6.07) is 11.3. The van der Waals surface area contributed by atoms with E-state index in [1.54, 1.807) is 12.1 Å². The number of benzene rings is 2. The molecular weight excluding hydrogens is 388 g/mol. The lowest BCUT2D eigenvalue weighted by Crippen LogP contribution is -2.29. The number of para-hydroxylation sites is 2. The van der Waals surface area contributed by atoms with Gasteiger partial charge in [0.1, 0.15) is 33.4 Å². The zero-order valence-electron chi connectivity index (χ0n) is 11.3. The van der Waals surface area contributed by atoms with E-state index in [1.807, 2.05) is 0 Å². The molecule has 0 saturated heterocycles. The van der Waals surface area contributed by atoms with Crippen molar-refractivity contribution in [2.75, 3.05) is 0 Å². The molecule has 120 valence electrons. The van der Waals surface area contributed by atoms with Gasteiger partial charge in [-0.25, -0.2) is 18.8 Å². The van der Waals surface area contributed by atoms with Gasteiger partial charge in [-0.05, 0) is 24.3 Å². The molecule has 0 aliphatic heterocycles. The second kappa shape index (κ2) is 7.58. The van der Waals surface area contributed by atoms with Crippen LogP contribution in [0.1, 0.15) is 0 Å². The third-order valence-electron chi connectivity index (χ3n) is 2.66. The van der Waals surface area contributed by atoms with Crippen LogP contribution in [0.15, 0.2) is 58.5 Å². The lowest BCUT2D eigenvalue weighted by molar-refractivity contribution is 0.630. The van der Waals surface area contributed by atoms with Crippen LogP contribution in [0.5, 0.6) is 0 Å². The SMILES string of the molecule is Fc1ccccc1N=C(Cl)C(Cl)(Cl)C(Cl)=Nc1ccccc1F. The van der Waals surface area contributed by atoms with Crippen molar-refractivity contribution >= 4 is 68.1 Å². The van der Waals surface area contributed by atoms with Gasteiger partial charge in [0.15, 0.2) is 0 Å².